The number of rotatable bonds is 1. The summed E-state index contributed by atoms with van der Waals surface area (Å²) >= 11 is 0. The van der Waals surface area contributed by atoms with E-state index in [4.69, 9.17) is 9.47 Å². The zero-order valence-electron chi connectivity index (χ0n) is 19.1. The van der Waals surface area contributed by atoms with Crippen molar-refractivity contribution in [1.29, 1.82) is 0 Å². The normalized spacial score (nSPS) is 33.9. The van der Waals surface area contributed by atoms with Gasteiger partial charge >= 0.3 is 0 Å². The van der Waals surface area contributed by atoms with E-state index in [9.17, 15) is 24.9 Å². The van der Waals surface area contributed by atoms with Crippen molar-refractivity contribution >= 4 is 22.6 Å². The molecule has 2 aliphatic heterocycles. The van der Waals surface area contributed by atoms with Crippen molar-refractivity contribution in [2.75, 3.05) is 7.11 Å². The van der Waals surface area contributed by atoms with Gasteiger partial charge in [-0.05, 0) is 48.9 Å². The van der Waals surface area contributed by atoms with Crippen LogP contribution in [0.25, 0.3) is 10.8 Å². The number of aryl methyl sites for hydroxylation is 1. The van der Waals surface area contributed by atoms with Gasteiger partial charge in [0.15, 0.2) is 5.60 Å². The molecule has 4 N–H and O–H groups in total. The van der Waals surface area contributed by atoms with Crippen LogP contribution in [0.15, 0.2) is 42.5 Å². The van der Waals surface area contributed by atoms with Gasteiger partial charge in [-0.1, -0.05) is 24.3 Å². The second-order valence-electron chi connectivity index (χ2n) is 10.2. The van der Waals surface area contributed by atoms with E-state index in [0.29, 0.717) is 33.6 Å². The molecule has 0 radical (unpaired) electrons. The van der Waals surface area contributed by atoms with Crippen LogP contribution in [-0.2, 0) is 15.2 Å². The van der Waals surface area contributed by atoms with Crippen LogP contribution in [0.2, 0.25) is 0 Å². The fourth-order valence-corrected chi connectivity index (χ4v) is 7.63. The molecule has 0 unspecified atom stereocenters. The molecule has 3 aromatic carbocycles. The van der Waals surface area contributed by atoms with E-state index in [-0.39, 0.29) is 18.6 Å². The largest absolute Gasteiger partial charge is 0.507 e. The van der Waals surface area contributed by atoms with E-state index in [0.717, 1.165) is 10.9 Å². The number of fused-ring (bicyclic) bond motifs is 3. The maximum Gasteiger partial charge on any atom is 0.238 e. The Morgan fingerprint density at radius 1 is 1.09 bits per heavy atom. The molecular weight excluding hydrogens is 450 g/mol. The van der Waals surface area contributed by atoms with E-state index in [1.165, 1.54) is 7.11 Å². The Morgan fingerprint density at radius 2 is 1.89 bits per heavy atom. The third-order valence-electron chi connectivity index (χ3n) is 8.71. The number of imide groups is 1. The molecular formula is C27H23NO7. The first kappa shape index (κ1) is 20.7. The molecule has 3 aromatic rings. The average molecular weight is 473 g/mol. The van der Waals surface area contributed by atoms with Crippen molar-refractivity contribution < 1.29 is 34.4 Å². The van der Waals surface area contributed by atoms with Crippen LogP contribution in [0.3, 0.4) is 0 Å². The Hall–Kier alpha value is -3.62. The van der Waals surface area contributed by atoms with Gasteiger partial charge in [-0.25, -0.2) is 0 Å². The van der Waals surface area contributed by atoms with Gasteiger partial charge < -0.3 is 24.8 Å². The fraction of sp³-hybridized carbons (Fsp3) is 0.333. The first-order valence-corrected chi connectivity index (χ1v) is 11.6. The van der Waals surface area contributed by atoms with Gasteiger partial charge in [0.25, 0.3) is 0 Å². The highest BCUT2D eigenvalue weighted by Gasteiger charge is 2.85. The van der Waals surface area contributed by atoms with Crippen LogP contribution in [-0.4, -0.2) is 40.3 Å². The molecule has 4 aliphatic rings. The summed E-state index contributed by atoms with van der Waals surface area (Å²) in [7, 11) is 1.46. The highest BCUT2D eigenvalue weighted by Crippen LogP contribution is 2.77. The number of methoxy groups -OCH3 is 1. The monoisotopic (exact) mass is 473 g/mol. The number of amides is 2. The number of ether oxygens (including phenoxy) is 2. The minimum absolute atomic E-state index is 0.0953. The first-order chi connectivity index (χ1) is 16.7. The van der Waals surface area contributed by atoms with Crippen molar-refractivity contribution in [3.05, 3.63) is 64.7 Å². The summed E-state index contributed by atoms with van der Waals surface area (Å²) < 4.78 is 12.4. The smallest absolute Gasteiger partial charge is 0.238 e. The van der Waals surface area contributed by atoms with Gasteiger partial charge in [0.1, 0.15) is 28.1 Å². The third kappa shape index (κ3) is 1.94. The molecule has 2 heterocycles. The van der Waals surface area contributed by atoms with E-state index in [2.05, 4.69) is 5.32 Å². The summed E-state index contributed by atoms with van der Waals surface area (Å²) in [5.41, 5.74) is -3.12. The topological polar surface area (TPSA) is 125 Å². The molecule has 8 heteroatoms. The molecule has 2 aliphatic carbocycles. The minimum Gasteiger partial charge on any atom is -0.507 e. The molecule has 2 amide bonds. The average Bonchev–Trinajstić information content (AvgIpc) is 3.41. The number of nitrogens with one attached hydrogen (secondary N) is 1. The van der Waals surface area contributed by atoms with Gasteiger partial charge in [-0.15, -0.1) is 0 Å². The summed E-state index contributed by atoms with van der Waals surface area (Å²) in [5.74, 6) is -0.597. The molecule has 2 fully saturated rings. The van der Waals surface area contributed by atoms with Crippen molar-refractivity contribution in [1.82, 2.24) is 5.32 Å². The molecule has 1 saturated heterocycles. The van der Waals surface area contributed by atoms with Gasteiger partial charge in [-0.3, -0.25) is 14.9 Å². The number of aliphatic hydroxyl groups is 2. The first-order valence-electron chi connectivity index (χ1n) is 11.6. The third-order valence-corrected chi connectivity index (χ3v) is 8.71. The second-order valence-corrected chi connectivity index (χ2v) is 10.2. The van der Waals surface area contributed by atoms with Crippen LogP contribution in [0.5, 0.6) is 17.2 Å². The standard InChI is InChI=1S/C27H23NO7/c1-12-8-13-6-7-16(30)21-19(13)18(9-12)35-27(21)15-4-3-5-17(34-2)20(15)22(31)25-10-14(29)11-26(25,27)24(33)28-23(25)32/h3-9,14,22,29-31H,10-11H2,1-2H3,(H,28,32,33)/t14-,22-,25+,26-,27+/m1/s1. The maximum absolute atomic E-state index is 13.9. The zero-order chi connectivity index (χ0) is 24.5. The van der Waals surface area contributed by atoms with Crippen LogP contribution < -0.4 is 14.8 Å². The Bertz CT molecular complexity index is 1520. The quantitative estimate of drug-likeness (QED) is 0.400. The van der Waals surface area contributed by atoms with Gasteiger partial charge in [0, 0.05) is 16.5 Å². The SMILES string of the molecule is COc1cccc2c1[C@@H](O)[C@]13C[C@@H](O)C[C@]1(C(=O)NC3=O)[C@]21Oc2cc(C)cc3ccc(O)c1c23. The van der Waals surface area contributed by atoms with Crippen LogP contribution >= 0.6 is 0 Å². The molecule has 1 saturated carbocycles. The molecule has 5 atom stereocenters. The predicted octanol–water partition coefficient (Wildman–Crippen LogP) is 2.33. The summed E-state index contributed by atoms with van der Waals surface area (Å²) in [4.78, 5) is 27.6. The molecule has 35 heavy (non-hydrogen) atoms. The Balaban J connectivity index is 1.73. The number of phenols is 1. The summed E-state index contributed by atoms with van der Waals surface area (Å²) in [5, 5.41) is 38.1. The van der Waals surface area contributed by atoms with E-state index >= 15 is 0 Å². The van der Waals surface area contributed by atoms with Gasteiger partial charge in [-0.2, -0.15) is 0 Å². The number of carbonyl (C=O) groups excluding carboxylic acids is 2. The van der Waals surface area contributed by atoms with E-state index in [1.54, 1.807) is 30.3 Å². The highest BCUT2D eigenvalue weighted by molar-refractivity contribution is 6.13. The number of aliphatic hydroxyl groups excluding tert-OH is 2. The molecule has 1 spiro atoms. The van der Waals surface area contributed by atoms with Crippen molar-refractivity contribution in [2.45, 2.75) is 37.6 Å². The molecule has 178 valence electrons. The number of hydrogen-bond acceptors (Lipinski definition) is 7. The number of aromatic hydroxyl groups is 1. The minimum atomic E-state index is -1.73. The molecule has 0 aromatic heterocycles. The van der Waals surface area contributed by atoms with Crippen LogP contribution in [0.1, 0.15) is 41.2 Å². The maximum atomic E-state index is 13.9. The number of hydrogen-bond donors (Lipinski definition) is 4. The van der Waals surface area contributed by atoms with Gasteiger partial charge in [0.2, 0.25) is 11.8 Å². The lowest BCUT2D eigenvalue weighted by Crippen LogP contribution is -2.63. The molecule has 0 bridgehead atoms. The fourth-order valence-electron chi connectivity index (χ4n) is 7.63. The number of phenolic OH excluding ortho intramolecular Hbond substituents is 1. The van der Waals surface area contributed by atoms with E-state index in [1.807, 2.05) is 19.1 Å². The number of carbonyl (C=O) groups is 2. The molecule has 7 rings (SSSR count). The number of benzene rings is 3. The lowest BCUT2D eigenvalue weighted by atomic mass is 9.48. The molecule has 8 nitrogen and oxygen atoms in total. The van der Waals surface area contributed by atoms with Crippen molar-refractivity contribution in [2.24, 2.45) is 10.8 Å². The van der Waals surface area contributed by atoms with E-state index < -0.39 is 40.5 Å². The summed E-state index contributed by atoms with van der Waals surface area (Å²) in [6.45, 7) is 1.92. The van der Waals surface area contributed by atoms with Gasteiger partial charge in [0.05, 0.1) is 24.9 Å². The van der Waals surface area contributed by atoms with Crippen molar-refractivity contribution in [3.8, 4) is 17.2 Å². The lowest BCUT2D eigenvalue weighted by Gasteiger charge is -2.54. The Labute approximate surface area is 200 Å². The van der Waals surface area contributed by atoms with Crippen molar-refractivity contribution in [3.63, 3.8) is 0 Å². The lowest BCUT2D eigenvalue weighted by molar-refractivity contribution is -0.172. The zero-order valence-corrected chi connectivity index (χ0v) is 19.1. The van der Waals surface area contributed by atoms with Crippen LogP contribution in [0.4, 0.5) is 0 Å². The Kier molecular flexibility index (Phi) is 3.63. The van der Waals surface area contributed by atoms with Crippen LogP contribution in [0, 0.1) is 17.8 Å². The highest BCUT2D eigenvalue weighted by atomic mass is 16.5. The second kappa shape index (κ2) is 6.13. The summed E-state index contributed by atoms with van der Waals surface area (Å²) in [6, 6.07) is 12.3. The predicted molar refractivity (Wildman–Crippen MR) is 123 cm³/mol. The Morgan fingerprint density at radius 3 is 2.66 bits per heavy atom. The summed E-state index contributed by atoms with van der Waals surface area (Å²) in [6.07, 6.45) is -2.76.